The Hall–Kier alpha value is -2.68. The first-order valence-electron chi connectivity index (χ1n) is 11.1. The van der Waals surface area contributed by atoms with Crippen molar-refractivity contribution in [2.45, 2.75) is 30.7 Å². The molecule has 32 heavy (non-hydrogen) atoms. The summed E-state index contributed by atoms with van der Waals surface area (Å²) in [6.07, 6.45) is -0.883. The molecule has 8 heteroatoms. The Labute approximate surface area is 188 Å². The van der Waals surface area contributed by atoms with Crippen LogP contribution in [0.15, 0.2) is 54.6 Å². The highest BCUT2D eigenvalue weighted by Gasteiger charge is 2.47. The molecule has 0 bridgehead atoms. The van der Waals surface area contributed by atoms with Crippen molar-refractivity contribution < 1.29 is 19.0 Å². The number of nitrogens with zero attached hydrogens (tertiary/aromatic N) is 2. The molecule has 7 nitrogen and oxygen atoms in total. The van der Waals surface area contributed by atoms with Crippen molar-refractivity contribution in [2.24, 2.45) is 0 Å². The third-order valence-electron chi connectivity index (χ3n) is 6.25. The van der Waals surface area contributed by atoms with E-state index in [0.717, 1.165) is 26.2 Å². The Morgan fingerprint density at radius 2 is 1.88 bits per heavy atom. The second-order valence-corrected chi connectivity index (χ2v) is 8.39. The number of hydrogen-bond acceptors (Lipinski definition) is 6. The van der Waals surface area contributed by atoms with Crippen LogP contribution in [-0.2, 0) is 4.79 Å². The van der Waals surface area contributed by atoms with Gasteiger partial charge in [-0.1, -0.05) is 24.3 Å². The summed E-state index contributed by atoms with van der Waals surface area (Å²) in [4.78, 5) is 16.9. The molecule has 1 amide bonds. The van der Waals surface area contributed by atoms with Crippen molar-refractivity contribution in [3.05, 3.63) is 60.4 Å². The average Bonchev–Trinajstić information content (AvgIpc) is 3.09. The maximum atomic E-state index is 13.6. The second-order valence-electron chi connectivity index (χ2n) is 8.39. The van der Waals surface area contributed by atoms with Gasteiger partial charge in [0.1, 0.15) is 23.8 Å². The number of amides is 1. The Kier molecular flexibility index (Phi) is 7.24. The normalized spacial score (nSPS) is 26.2. The van der Waals surface area contributed by atoms with E-state index in [0.29, 0.717) is 12.2 Å². The van der Waals surface area contributed by atoms with Crippen LogP contribution >= 0.6 is 0 Å². The number of anilines is 1. The summed E-state index contributed by atoms with van der Waals surface area (Å²) in [5, 5.41) is 17.1. The van der Waals surface area contributed by atoms with E-state index in [1.807, 2.05) is 18.2 Å². The van der Waals surface area contributed by atoms with Gasteiger partial charge in [0.25, 0.3) is 0 Å². The molecule has 1 saturated carbocycles. The molecule has 2 aromatic carbocycles. The van der Waals surface area contributed by atoms with Gasteiger partial charge in [-0.2, -0.15) is 0 Å². The number of hydrogen-bond donors (Lipinski definition) is 3. The lowest BCUT2D eigenvalue weighted by atomic mass is 10.1. The first-order chi connectivity index (χ1) is 15.5. The number of benzene rings is 2. The molecule has 1 aliphatic heterocycles. The summed E-state index contributed by atoms with van der Waals surface area (Å²) in [6, 6.07) is 15.7. The standard InChI is InChI=1S/C24H31FN4O3/c1-26-16-22(30)27-20-15-21(32-19-9-5-6-17(25)14-19)24(31)23(20)29-12-10-28(11-13-29)18-7-3-2-4-8-18/h2-9,14,20-21,23-24,26,31H,10-13,15-16H2,1H3,(H,27,30)/t20-,21-,23+,24+/m1/s1. The van der Waals surface area contributed by atoms with Gasteiger partial charge in [0, 0.05) is 44.4 Å². The van der Waals surface area contributed by atoms with Crippen LogP contribution in [0.25, 0.3) is 0 Å². The van der Waals surface area contributed by atoms with E-state index in [1.54, 1.807) is 19.2 Å². The van der Waals surface area contributed by atoms with E-state index >= 15 is 0 Å². The van der Waals surface area contributed by atoms with E-state index in [2.05, 4.69) is 32.6 Å². The van der Waals surface area contributed by atoms with Gasteiger partial charge < -0.3 is 25.4 Å². The third-order valence-corrected chi connectivity index (χ3v) is 6.25. The number of piperazine rings is 1. The molecule has 3 N–H and O–H groups in total. The van der Waals surface area contributed by atoms with Gasteiger partial charge in [0.15, 0.2) is 0 Å². The largest absolute Gasteiger partial charge is 0.487 e. The summed E-state index contributed by atoms with van der Waals surface area (Å²) >= 11 is 0. The fourth-order valence-corrected chi connectivity index (χ4v) is 4.77. The topological polar surface area (TPSA) is 77.1 Å². The number of rotatable bonds is 7. The lowest BCUT2D eigenvalue weighted by Crippen LogP contribution is -2.59. The molecule has 4 rings (SSSR count). The Morgan fingerprint density at radius 1 is 1.12 bits per heavy atom. The third kappa shape index (κ3) is 5.20. The van der Waals surface area contributed by atoms with Crippen LogP contribution in [-0.4, -0.2) is 80.0 Å². The minimum Gasteiger partial charge on any atom is -0.487 e. The van der Waals surface area contributed by atoms with Crippen LogP contribution in [0, 0.1) is 5.82 Å². The molecule has 2 fully saturated rings. The molecule has 1 saturated heterocycles. The maximum absolute atomic E-state index is 13.6. The molecule has 0 radical (unpaired) electrons. The number of nitrogens with one attached hydrogen (secondary N) is 2. The lowest BCUT2D eigenvalue weighted by Gasteiger charge is -2.42. The summed E-state index contributed by atoms with van der Waals surface area (Å²) in [5.41, 5.74) is 1.19. The number of para-hydroxylation sites is 1. The Balaban J connectivity index is 1.46. The van der Waals surface area contributed by atoms with Crippen molar-refractivity contribution in [2.75, 3.05) is 44.7 Å². The van der Waals surface area contributed by atoms with Crippen molar-refractivity contribution in [3.63, 3.8) is 0 Å². The lowest BCUT2D eigenvalue weighted by molar-refractivity contribution is -0.121. The highest BCUT2D eigenvalue weighted by Crippen LogP contribution is 2.31. The van der Waals surface area contributed by atoms with Crippen molar-refractivity contribution >= 4 is 11.6 Å². The van der Waals surface area contributed by atoms with Gasteiger partial charge in [-0.15, -0.1) is 0 Å². The quantitative estimate of drug-likeness (QED) is 0.599. The molecule has 1 aliphatic carbocycles. The average molecular weight is 443 g/mol. The zero-order valence-corrected chi connectivity index (χ0v) is 18.3. The van der Waals surface area contributed by atoms with Gasteiger partial charge in [-0.25, -0.2) is 4.39 Å². The van der Waals surface area contributed by atoms with Crippen molar-refractivity contribution in [1.82, 2.24) is 15.5 Å². The first kappa shape index (κ1) is 22.5. The van der Waals surface area contributed by atoms with Gasteiger partial charge >= 0.3 is 0 Å². The van der Waals surface area contributed by atoms with E-state index in [9.17, 15) is 14.3 Å². The molecule has 4 atom stereocenters. The number of ether oxygens (including phenoxy) is 1. The minimum absolute atomic E-state index is 0.121. The summed E-state index contributed by atoms with van der Waals surface area (Å²) in [6.45, 7) is 3.40. The number of aliphatic hydroxyl groups excluding tert-OH is 1. The van der Waals surface area contributed by atoms with Crippen LogP contribution in [0.5, 0.6) is 5.75 Å². The molecule has 172 valence electrons. The Morgan fingerprint density at radius 3 is 2.56 bits per heavy atom. The second kappa shape index (κ2) is 10.3. The van der Waals surface area contributed by atoms with E-state index < -0.39 is 12.2 Å². The van der Waals surface area contributed by atoms with Gasteiger partial charge in [0.2, 0.25) is 5.91 Å². The molecular weight excluding hydrogens is 411 g/mol. The van der Waals surface area contributed by atoms with Gasteiger partial charge in [-0.05, 0) is 31.3 Å². The predicted octanol–water partition coefficient (Wildman–Crippen LogP) is 1.23. The highest BCUT2D eigenvalue weighted by atomic mass is 19.1. The monoisotopic (exact) mass is 442 g/mol. The SMILES string of the molecule is CNCC(=O)N[C@@H]1C[C@@H](Oc2cccc(F)c2)[C@H](O)[C@H]1N1CCN(c2ccccc2)CC1. The van der Waals surface area contributed by atoms with E-state index in [-0.39, 0.29) is 30.4 Å². The summed E-state index contributed by atoms with van der Waals surface area (Å²) in [5.74, 6) is -0.129. The zero-order valence-electron chi connectivity index (χ0n) is 18.3. The van der Waals surface area contributed by atoms with Gasteiger partial charge in [0.05, 0.1) is 18.6 Å². The van der Waals surface area contributed by atoms with Crippen molar-refractivity contribution in [3.8, 4) is 5.75 Å². The summed E-state index contributed by atoms with van der Waals surface area (Å²) in [7, 11) is 1.72. The Bertz CT molecular complexity index is 892. The molecule has 2 aliphatic rings. The molecule has 0 aromatic heterocycles. The fourth-order valence-electron chi connectivity index (χ4n) is 4.77. The number of halogens is 1. The molecular formula is C24H31FN4O3. The smallest absolute Gasteiger partial charge is 0.234 e. The molecule has 0 unspecified atom stereocenters. The number of likely N-dealkylation sites (N-methyl/N-ethyl adjacent to an activating group) is 1. The minimum atomic E-state index is -0.804. The zero-order chi connectivity index (χ0) is 22.5. The van der Waals surface area contributed by atoms with Crippen LogP contribution in [0.4, 0.5) is 10.1 Å². The maximum Gasteiger partial charge on any atom is 0.234 e. The molecule has 2 aromatic rings. The predicted molar refractivity (Wildman–Crippen MR) is 121 cm³/mol. The van der Waals surface area contributed by atoms with Crippen molar-refractivity contribution in [1.29, 1.82) is 0 Å². The number of carbonyl (C=O) groups is 1. The van der Waals surface area contributed by atoms with Gasteiger partial charge in [-0.3, -0.25) is 9.69 Å². The number of carbonyl (C=O) groups excluding carboxylic acids is 1. The van der Waals surface area contributed by atoms with Crippen LogP contribution in [0.2, 0.25) is 0 Å². The van der Waals surface area contributed by atoms with E-state index in [1.165, 1.54) is 17.8 Å². The summed E-state index contributed by atoms with van der Waals surface area (Å²) < 4.78 is 19.6. The number of aliphatic hydroxyl groups is 1. The molecule has 1 heterocycles. The van der Waals surface area contributed by atoms with Crippen LogP contribution in [0.1, 0.15) is 6.42 Å². The molecule has 0 spiro atoms. The van der Waals surface area contributed by atoms with E-state index in [4.69, 9.17) is 4.74 Å². The van der Waals surface area contributed by atoms with Crippen LogP contribution in [0.3, 0.4) is 0 Å². The van der Waals surface area contributed by atoms with Crippen LogP contribution < -0.4 is 20.3 Å². The fraction of sp³-hybridized carbons (Fsp3) is 0.458. The first-order valence-corrected chi connectivity index (χ1v) is 11.1. The highest BCUT2D eigenvalue weighted by molar-refractivity contribution is 5.78.